The van der Waals surface area contributed by atoms with Crippen LogP contribution in [0.3, 0.4) is 0 Å². The zero-order valence-corrected chi connectivity index (χ0v) is 8.17. The lowest BCUT2D eigenvalue weighted by molar-refractivity contribution is 0.791. The standard InChI is InChI=1S/C10H11N5/c11-9-3-4-10(13-12-9)15-6-5-8(14-15)7-1-2-7/h3-7H,1-2H2,(H2,11,12). The lowest BCUT2D eigenvalue weighted by Gasteiger charge is -1.98. The second-order valence-electron chi connectivity index (χ2n) is 3.78. The molecule has 1 fully saturated rings. The maximum absolute atomic E-state index is 5.46. The summed E-state index contributed by atoms with van der Waals surface area (Å²) in [6.45, 7) is 0. The highest BCUT2D eigenvalue weighted by Gasteiger charge is 2.25. The zero-order chi connectivity index (χ0) is 10.3. The molecule has 0 bridgehead atoms. The highest BCUT2D eigenvalue weighted by atomic mass is 15.3. The summed E-state index contributed by atoms with van der Waals surface area (Å²) in [4.78, 5) is 0. The molecule has 0 saturated heterocycles. The van der Waals surface area contributed by atoms with Crippen molar-refractivity contribution in [3.05, 3.63) is 30.1 Å². The highest BCUT2D eigenvalue weighted by molar-refractivity contribution is 5.31. The van der Waals surface area contributed by atoms with Crippen LogP contribution in [0.4, 0.5) is 5.82 Å². The predicted molar refractivity (Wildman–Crippen MR) is 55.5 cm³/mol. The van der Waals surface area contributed by atoms with Crippen molar-refractivity contribution in [2.24, 2.45) is 0 Å². The molecule has 1 aliphatic carbocycles. The molecule has 76 valence electrons. The van der Waals surface area contributed by atoms with E-state index >= 15 is 0 Å². The van der Waals surface area contributed by atoms with E-state index < -0.39 is 0 Å². The highest BCUT2D eigenvalue weighted by Crippen LogP contribution is 2.38. The van der Waals surface area contributed by atoms with Crippen LogP contribution < -0.4 is 5.73 Å². The van der Waals surface area contributed by atoms with Crippen LogP contribution in [0.2, 0.25) is 0 Å². The fourth-order valence-corrected chi connectivity index (χ4v) is 1.52. The lowest BCUT2D eigenvalue weighted by atomic mass is 10.3. The van der Waals surface area contributed by atoms with E-state index in [2.05, 4.69) is 15.3 Å². The number of nitrogens with zero attached hydrogens (tertiary/aromatic N) is 4. The Balaban J connectivity index is 1.93. The molecule has 0 radical (unpaired) electrons. The monoisotopic (exact) mass is 201 g/mol. The first-order chi connectivity index (χ1) is 7.33. The average molecular weight is 201 g/mol. The minimum absolute atomic E-state index is 0.424. The molecule has 0 unspecified atom stereocenters. The molecule has 2 N–H and O–H groups in total. The van der Waals surface area contributed by atoms with Gasteiger partial charge in [0.15, 0.2) is 5.82 Å². The molecule has 3 rings (SSSR count). The Labute approximate surface area is 86.9 Å². The number of anilines is 1. The molecule has 0 amide bonds. The van der Waals surface area contributed by atoms with Crippen molar-refractivity contribution in [3.8, 4) is 5.82 Å². The maximum atomic E-state index is 5.46. The van der Waals surface area contributed by atoms with Crippen LogP contribution in [0.5, 0.6) is 0 Å². The van der Waals surface area contributed by atoms with Gasteiger partial charge >= 0.3 is 0 Å². The van der Waals surface area contributed by atoms with Crippen LogP contribution in [0.15, 0.2) is 24.4 Å². The van der Waals surface area contributed by atoms with Gasteiger partial charge in [0.25, 0.3) is 0 Å². The molecular formula is C10H11N5. The first-order valence-corrected chi connectivity index (χ1v) is 4.98. The third kappa shape index (κ3) is 1.56. The molecule has 0 aliphatic heterocycles. The topological polar surface area (TPSA) is 69.6 Å². The van der Waals surface area contributed by atoms with Gasteiger partial charge in [-0.05, 0) is 31.0 Å². The summed E-state index contributed by atoms with van der Waals surface area (Å²) in [5.74, 6) is 1.79. The van der Waals surface area contributed by atoms with E-state index in [0.717, 1.165) is 5.69 Å². The Kier molecular flexibility index (Phi) is 1.71. The van der Waals surface area contributed by atoms with Gasteiger partial charge in [0.2, 0.25) is 0 Å². The number of rotatable bonds is 2. The summed E-state index contributed by atoms with van der Waals surface area (Å²) in [5.41, 5.74) is 6.61. The number of hydrogen-bond acceptors (Lipinski definition) is 4. The van der Waals surface area contributed by atoms with E-state index in [9.17, 15) is 0 Å². The van der Waals surface area contributed by atoms with Crippen molar-refractivity contribution < 1.29 is 0 Å². The van der Waals surface area contributed by atoms with Crippen molar-refractivity contribution >= 4 is 5.82 Å². The van der Waals surface area contributed by atoms with Crippen LogP contribution in [-0.4, -0.2) is 20.0 Å². The largest absolute Gasteiger partial charge is 0.382 e. The van der Waals surface area contributed by atoms with E-state index in [1.54, 1.807) is 10.7 Å². The Bertz CT molecular complexity index is 469. The van der Waals surface area contributed by atoms with Gasteiger partial charge in [-0.3, -0.25) is 0 Å². The van der Waals surface area contributed by atoms with Crippen LogP contribution in [-0.2, 0) is 0 Å². The summed E-state index contributed by atoms with van der Waals surface area (Å²) in [6.07, 6.45) is 4.42. The van der Waals surface area contributed by atoms with Crippen LogP contribution in [0.25, 0.3) is 5.82 Å². The fourth-order valence-electron chi connectivity index (χ4n) is 1.52. The fraction of sp³-hybridized carbons (Fsp3) is 0.300. The van der Waals surface area contributed by atoms with Gasteiger partial charge in [0.1, 0.15) is 5.82 Å². The molecular weight excluding hydrogens is 190 g/mol. The summed E-state index contributed by atoms with van der Waals surface area (Å²) in [7, 11) is 0. The zero-order valence-electron chi connectivity index (χ0n) is 8.17. The summed E-state index contributed by atoms with van der Waals surface area (Å²) >= 11 is 0. The average Bonchev–Trinajstić information content (AvgIpc) is 2.99. The minimum Gasteiger partial charge on any atom is -0.382 e. The Morgan fingerprint density at radius 2 is 2.07 bits per heavy atom. The minimum atomic E-state index is 0.424. The molecule has 0 atom stereocenters. The molecule has 1 aliphatic rings. The third-order valence-corrected chi connectivity index (χ3v) is 2.51. The molecule has 0 spiro atoms. The van der Waals surface area contributed by atoms with Crippen molar-refractivity contribution in [1.29, 1.82) is 0 Å². The summed E-state index contributed by atoms with van der Waals surface area (Å²) in [5, 5.41) is 12.2. The summed E-state index contributed by atoms with van der Waals surface area (Å²) in [6, 6.07) is 5.57. The van der Waals surface area contributed by atoms with Gasteiger partial charge < -0.3 is 5.73 Å². The molecule has 0 aromatic carbocycles. The molecule has 15 heavy (non-hydrogen) atoms. The van der Waals surface area contributed by atoms with E-state index in [-0.39, 0.29) is 0 Å². The van der Waals surface area contributed by atoms with Crippen molar-refractivity contribution in [1.82, 2.24) is 20.0 Å². The van der Waals surface area contributed by atoms with Crippen LogP contribution >= 0.6 is 0 Å². The Hall–Kier alpha value is -1.91. The molecule has 1 saturated carbocycles. The number of aromatic nitrogens is 4. The lowest BCUT2D eigenvalue weighted by Crippen LogP contribution is -2.02. The van der Waals surface area contributed by atoms with Crippen molar-refractivity contribution in [3.63, 3.8) is 0 Å². The van der Waals surface area contributed by atoms with E-state index in [4.69, 9.17) is 5.73 Å². The smallest absolute Gasteiger partial charge is 0.175 e. The molecule has 2 aromatic rings. The second-order valence-corrected chi connectivity index (χ2v) is 3.78. The molecule has 2 aromatic heterocycles. The van der Waals surface area contributed by atoms with Gasteiger partial charge in [-0.25, -0.2) is 4.68 Å². The normalized spacial score (nSPS) is 15.5. The molecule has 5 heteroatoms. The van der Waals surface area contributed by atoms with Crippen molar-refractivity contribution in [2.45, 2.75) is 18.8 Å². The molecule has 2 heterocycles. The van der Waals surface area contributed by atoms with Gasteiger partial charge in [-0.2, -0.15) is 5.10 Å². The van der Waals surface area contributed by atoms with Gasteiger partial charge in [0.05, 0.1) is 5.69 Å². The van der Waals surface area contributed by atoms with Crippen molar-refractivity contribution in [2.75, 3.05) is 5.73 Å². The van der Waals surface area contributed by atoms with E-state index in [0.29, 0.717) is 17.6 Å². The first-order valence-electron chi connectivity index (χ1n) is 4.98. The summed E-state index contributed by atoms with van der Waals surface area (Å²) < 4.78 is 1.74. The first kappa shape index (κ1) is 8.40. The van der Waals surface area contributed by atoms with E-state index in [1.807, 2.05) is 18.3 Å². The van der Waals surface area contributed by atoms with E-state index in [1.165, 1.54) is 12.8 Å². The predicted octanol–water partition coefficient (Wildman–Crippen LogP) is 1.12. The number of nitrogen functional groups attached to an aromatic ring is 1. The number of hydrogen-bond donors (Lipinski definition) is 1. The van der Waals surface area contributed by atoms with Crippen LogP contribution in [0.1, 0.15) is 24.5 Å². The van der Waals surface area contributed by atoms with Gasteiger partial charge in [-0.15, -0.1) is 10.2 Å². The van der Waals surface area contributed by atoms with Gasteiger partial charge in [-0.1, -0.05) is 0 Å². The Morgan fingerprint density at radius 1 is 1.20 bits per heavy atom. The van der Waals surface area contributed by atoms with Crippen LogP contribution in [0, 0.1) is 0 Å². The number of nitrogens with two attached hydrogens (primary N) is 1. The maximum Gasteiger partial charge on any atom is 0.175 e. The molecule has 5 nitrogen and oxygen atoms in total. The Morgan fingerprint density at radius 3 is 2.73 bits per heavy atom. The second kappa shape index (κ2) is 3.05. The quantitative estimate of drug-likeness (QED) is 0.790. The van der Waals surface area contributed by atoms with Gasteiger partial charge in [0, 0.05) is 12.1 Å². The SMILES string of the molecule is Nc1ccc(-n2ccc(C3CC3)n2)nn1. The third-order valence-electron chi connectivity index (χ3n) is 2.51.